The number of ether oxygens (including phenoxy) is 1. The summed E-state index contributed by atoms with van der Waals surface area (Å²) in [6, 6.07) is 4.75. The standard InChI is InChI=1S/C18H25N3O5S/c1-26-16-9-8-14(12-15(16)21-10-4-5-11-27(21,24)25)20-18(23)17(22)19-13-6-2-3-7-13/h8-9,12-13H,2-7,10-11H2,1H3,(H,19,22)(H,20,23). The molecule has 27 heavy (non-hydrogen) atoms. The molecule has 0 bridgehead atoms. The molecular formula is C18H25N3O5S. The summed E-state index contributed by atoms with van der Waals surface area (Å²) in [4.78, 5) is 24.2. The zero-order valence-corrected chi connectivity index (χ0v) is 16.2. The van der Waals surface area contributed by atoms with Crippen LogP contribution in [0.4, 0.5) is 11.4 Å². The van der Waals surface area contributed by atoms with Gasteiger partial charge >= 0.3 is 11.8 Å². The fourth-order valence-electron chi connectivity index (χ4n) is 3.53. The molecule has 1 aliphatic heterocycles. The lowest BCUT2D eigenvalue weighted by molar-refractivity contribution is -0.136. The highest BCUT2D eigenvalue weighted by atomic mass is 32.2. The Morgan fingerprint density at radius 3 is 2.52 bits per heavy atom. The molecular weight excluding hydrogens is 370 g/mol. The summed E-state index contributed by atoms with van der Waals surface area (Å²) in [5, 5.41) is 5.28. The van der Waals surface area contributed by atoms with E-state index in [4.69, 9.17) is 4.74 Å². The van der Waals surface area contributed by atoms with E-state index < -0.39 is 21.8 Å². The van der Waals surface area contributed by atoms with Crippen LogP contribution in [0.3, 0.4) is 0 Å². The molecule has 1 aliphatic carbocycles. The van der Waals surface area contributed by atoms with Gasteiger partial charge in [0, 0.05) is 18.3 Å². The maximum absolute atomic E-state index is 12.4. The van der Waals surface area contributed by atoms with Crippen molar-refractivity contribution in [2.45, 2.75) is 44.6 Å². The van der Waals surface area contributed by atoms with Crippen molar-refractivity contribution in [1.82, 2.24) is 5.32 Å². The molecule has 1 aromatic carbocycles. The van der Waals surface area contributed by atoms with Gasteiger partial charge in [-0.25, -0.2) is 8.42 Å². The Balaban J connectivity index is 1.76. The van der Waals surface area contributed by atoms with Crippen molar-refractivity contribution >= 4 is 33.2 Å². The average molecular weight is 395 g/mol. The highest BCUT2D eigenvalue weighted by Gasteiger charge is 2.29. The number of sulfonamides is 1. The first-order valence-corrected chi connectivity index (χ1v) is 10.8. The van der Waals surface area contributed by atoms with Crippen LogP contribution >= 0.6 is 0 Å². The quantitative estimate of drug-likeness (QED) is 0.754. The zero-order valence-electron chi connectivity index (χ0n) is 15.4. The molecule has 8 nitrogen and oxygen atoms in total. The van der Waals surface area contributed by atoms with E-state index in [-0.39, 0.29) is 11.8 Å². The molecule has 2 N–H and O–H groups in total. The lowest BCUT2D eigenvalue weighted by Gasteiger charge is -2.29. The Hall–Kier alpha value is -2.29. The van der Waals surface area contributed by atoms with E-state index in [1.54, 1.807) is 12.1 Å². The Kier molecular flexibility index (Phi) is 5.88. The van der Waals surface area contributed by atoms with Gasteiger partial charge in [-0.3, -0.25) is 13.9 Å². The summed E-state index contributed by atoms with van der Waals surface area (Å²) in [6.07, 6.45) is 5.26. The summed E-state index contributed by atoms with van der Waals surface area (Å²) in [5.74, 6) is -0.963. The molecule has 3 rings (SSSR count). The van der Waals surface area contributed by atoms with E-state index in [2.05, 4.69) is 10.6 Å². The van der Waals surface area contributed by atoms with Gasteiger partial charge in [-0.2, -0.15) is 0 Å². The minimum absolute atomic E-state index is 0.0492. The number of hydrogen-bond acceptors (Lipinski definition) is 5. The van der Waals surface area contributed by atoms with Gasteiger partial charge in [0.1, 0.15) is 5.75 Å². The third kappa shape index (κ3) is 4.52. The summed E-state index contributed by atoms with van der Waals surface area (Å²) in [7, 11) is -1.96. The number of rotatable bonds is 4. The van der Waals surface area contributed by atoms with E-state index in [1.807, 2.05) is 0 Å². The molecule has 0 aromatic heterocycles. The fraction of sp³-hybridized carbons (Fsp3) is 0.556. The van der Waals surface area contributed by atoms with Crippen LogP contribution in [-0.4, -0.2) is 45.7 Å². The van der Waals surface area contributed by atoms with Crippen molar-refractivity contribution in [1.29, 1.82) is 0 Å². The van der Waals surface area contributed by atoms with Crippen LogP contribution in [0.1, 0.15) is 38.5 Å². The molecule has 148 valence electrons. The first kappa shape index (κ1) is 19.5. The molecule has 2 fully saturated rings. The summed E-state index contributed by atoms with van der Waals surface area (Å²) >= 11 is 0. The van der Waals surface area contributed by atoms with Crippen molar-refractivity contribution in [3.63, 3.8) is 0 Å². The number of benzene rings is 1. The lowest BCUT2D eigenvalue weighted by Crippen LogP contribution is -2.40. The van der Waals surface area contributed by atoms with Gasteiger partial charge in [-0.15, -0.1) is 0 Å². The van der Waals surface area contributed by atoms with E-state index in [1.165, 1.54) is 17.5 Å². The van der Waals surface area contributed by atoms with E-state index in [0.29, 0.717) is 30.1 Å². The molecule has 2 aliphatic rings. The third-order valence-corrected chi connectivity index (χ3v) is 6.81. The van der Waals surface area contributed by atoms with Gasteiger partial charge < -0.3 is 15.4 Å². The number of hydrogen-bond donors (Lipinski definition) is 2. The molecule has 1 aromatic rings. The smallest absolute Gasteiger partial charge is 0.313 e. The van der Waals surface area contributed by atoms with Crippen LogP contribution in [-0.2, 0) is 19.6 Å². The van der Waals surface area contributed by atoms with Crippen molar-refractivity contribution in [2.24, 2.45) is 0 Å². The van der Waals surface area contributed by atoms with Crippen molar-refractivity contribution in [3.8, 4) is 5.75 Å². The number of methoxy groups -OCH3 is 1. The third-order valence-electron chi connectivity index (χ3n) is 4.95. The summed E-state index contributed by atoms with van der Waals surface area (Å²) in [5.41, 5.74) is 0.712. The van der Waals surface area contributed by atoms with Crippen LogP contribution in [0, 0.1) is 0 Å². The molecule has 0 spiro atoms. The Bertz CT molecular complexity index is 818. The molecule has 9 heteroatoms. The van der Waals surface area contributed by atoms with Gasteiger partial charge in [0.15, 0.2) is 0 Å². The van der Waals surface area contributed by atoms with Crippen LogP contribution in [0.2, 0.25) is 0 Å². The van der Waals surface area contributed by atoms with Gasteiger partial charge in [-0.1, -0.05) is 12.8 Å². The minimum Gasteiger partial charge on any atom is -0.495 e. The Labute approximate surface area is 159 Å². The molecule has 1 heterocycles. The molecule has 0 radical (unpaired) electrons. The van der Waals surface area contributed by atoms with Gasteiger partial charge in [0.05, 0.1) is 18.6 Å². The number of nitrogens with one attached hydrogen (secondary N) is 2. The Morgan fingerprint density at radius 1 is 1.11 bits per heavy atom. The predicted molar refractivity (Wildman–Crippen MR) is 102 cm³/mol. The van der Waals surface area contributed by atoms with Gasteiger partial charge in [0.2, 0.25) is 10.0 Å². The summed E-state index contributed by atoms with van der Waals surface area (Å²) in [6.45, 7) is 0.359. The number of carbonyl (C=O) groups excluding carboxylic acids is 2. The highest BCUT2D eigenvalue weighted by Crippen LogP contribution is 2.35. The number of anilines is 2. The lowest BCUT2D eigenvalue weighted by atomic mass is 10.2. The number of amides is 2. The van der Waals surface area contributed by atoms with Gasteiger partial charge in [0.25, 0.3) is 0 Å². The average Bonchev–Trinajstić information content (AvgIpc) is 3.14. The van der Waals surface area contributed by atoms with Crippen molar-refractivity contribution in [3.05, 3.63) is 18.2 Å². The van der Waals surface area contributed by atoms with Crippen molar-refractivity contribution < 1.29 is 22.7 Å². The molecule has 1 saturated heterocycles. The van der Waals surface area contributed by atoms with E-state index >= 15 is 0 Å². The monoisotopic (exact) mass is 395 g/mol. The second-order valence-electron chi connectivity index (χ2n) is 6.89. The summed E-state index contributed by atoms with van der Waals surface area (Å²) < 4.78 is 31.4. The van der Waals surface area contributed by atoms with Crippen LogP contribution < -0.4 is 19.7 Å². The van der Waals surface area contributed by atoms with Crippen LogP contribution in [0.15, 0.2) is 18.2 Å². The first-order valence-electron chi connectivity index (χ1n) is 9.21. The van der Waals surface area contributed by atoms with Crippen molar-refractivity contribution in [2.75, 3.05) is 29.0 Å². The topological polar surface area (TPSA) is 105 Å². The molecule has 0 atom stereocenters. The van der Waals surface area contributed by atoms with Crippen LogP contribution in [0.25, 0.3) is 0 Å². The fourth-order valence-corrected chi connectivity index (χ4v) is 5.17. The van der Waals surface area contributed by atoms with E-state index in [0.717, 1.165) is 32.1 Å². The molecule has 1 saturated carbocycles. The Morgan fingerprint density at radius 2 is 1.85 bits per heavy atom. The molecule has 2 amide bonds. The number of nitrogens with zero attached hydrogens (tertiary/aromatic N) is 1. The normalized spacial score (nSPS) is 19.5. The highest BCUT2D eigenvalue weighted by molar-refractivity contribution is 7.92. The molecule has 0 unspecified atom stereocenters. The maximum atomic E-state index is 12.4. The number of carbonyl (C=O) groups is 2. The second-order valence-corrected chi connectivity index (χ2v) is 8.90. The maximum Gasteiger partial charge on any atom is 0.313 e. The van der Waals surface area contributed by atoms with Crippen LogP contribution in [0.5, 0.6) is 5.75 Å². The first-order chi connectivity index (χ1) is 12.9. The SMILES string of the molecule is COc1ccc(NC(=O)C(=O)NC2CCCC2)cc1N1CCCCS1(=O)=O. The minimum atomic E-state index is -3.43. The van der Waals surface area contributed by atoms with Gasteiger partial charge in [-0.05, 0) is 43.9 Å². The predicted octanol–water partition coefficient (Wildman–Crippen LogP) is 1.62. The second kappa shape index (κ2) is 8.16. The largest absolute Gasteiger partial charge is 0.495 e. The van der Waals surface area contributed by atoms with E-state index in [9.17, 15) is 18.0 Å². The zero-order chi connectivity index (χ0) is 19.4.